The highest BCUT2D eigenvalue weighted by Gasteiger charge is 2.14. The summed E-state index contributed by atoms with van der Waals surface area (Å²) in [5.74, 6) is 0.598. The molecule has 0 aliphatic rings. The van der Waals surface area contributed by atoms with Crippen molar-refractivity contribution >= 4 is 17.1 Å². The number of hydrogen-bond acceptors (Lipinski definition) is 5. The van der Waals surface area contributed by atoms with Crippen LogP contribution >= 0.6 is 0 Å². The van der Waals surface area contributed by atoms with E-state index in [0.717, 1.165) is 18.5 Å². The van der Waals surface area contributed by atoms with Crippen LogP contribution in [0.4, 0.5) is 5.95 Å². The third-order valence-corrected chi connectivity index (χ3v) is 3.60. The van der Waals surface area contributed by atoms with E-state index in [2.05, 4.69) is 21.9 Å². The zero-order chi connectivity index (χ0) is 17.5. The summed E-state index contributed by atoms with van der Waals surface area (Å²) in [6.07, 6.45) is 3.70. The van der Waals surface area contributed by atoms with Crippen LogP contribution in [0.1, 0.15) is 19.8 Å². The molecular formula is C19H21N5O. The van der Waals surface area contributed by atoms with E-state index in [0.29, 0.717) is 23.7 Å². The highest BCUT2D eigenvalue weighted by molar-refractivity contribution is 5.79. The Labute approximate surface area is 146 Å². The first-order valence-corrected chi connectivity index (χ1v) is 8.31. The number of nitrogen functional groups attached to an aromatic ring is 1. The molecule has 0 aliphatic heterocycles. The summed E-state index contributed by atoms with van der Waals surface area (Å²) in [4.78, 5) is 13.0. The van der Waals surface area contributed by atoms with Crippen molar-refractivity contribution in [2.45, 2.75) is 19.8 Å². The zero-order valence-corrected chi connectivity index (χ0v) is 14.2. The number of rotatable bonds is 5. The Hall–Kier alpha value is -3.15. The van der Waals surface area contributed by atoms with Crippen LogP contribution in [-0.2, 0) is 0 Å². The van der Waals surface area contributed by atoms with E-state index < -0.39 is 0 Å². The monoisotopic (exact) mass is 335 g/mol. The molecule has 0 spiro atoms. The van der Waals surface area contributed by atoms with Gasteiger partial charge in [0, 0.05) is 5.69 Å². The quantitative estimate of drug-likeness (QED) is 0.719. The fraction of sp³-hybridized carbons (Fsp3) is 0.211. The Morgan fingerprint density at radius 3 is 2.36 bits per heavy atom. The minimum Gasteiger partial charge on any atom is -0.476 e. The number of ether oxygens (including phenoxy) is 1. The van der Waals surface area contributed by atoms with Gasteiger partial charge in [0.2, 0.25) is 11.8 Å². The van der Waals surface area contributed by atoms with Crippen LogP contribution in [0, 0.1) is 0 Å². The largest absolute Gasteiger partial charge is 0.476 e. The highest BCUT2D eigenvalue weighted by atomic mass is 16.5. The summed E-state index contributed by atoms with van der Waals surface area (Å²) in [7, 11) is 0. The third kappa shape index (κ3) is 4.03. The van der Waals surface area contributed by atoms with E-state index in [1.165, 1.54) is 0 Å². The highest BCUT2D eigenvalue weighted by Crippen LogP contribution is 2.24. The van der Waals surface area contributed by atoms with Gasteiger partial charge in [-0.15, -0.1) is 0 Å². The molecular weight excluding hydrogens is 314 g/mol. The number of nitrogens with two attached hydrogens (primary N) is 1. The van der Waals surface area contributed by atoms with Crippen LogP contribution in [0.15, 0.2) is 60.9 Å². The second-order valence-corrected chi connectivity index (χ2v) is 5.48. The summed E-state index contributed by atoms with van der Waals surface area (Å²) < 4.78 is 7.62. The van der Waals surface area contributed by atoms with Crippen molar-refractivity contribution < 1.29 is 4.74 Å². The summed E-state index contributed by atoms with van der Waals surface area (Å²) in [6, 6.07) is 17.7. The minimum absolute atomic E-state index is 0.170. The first-order valence-electron chi connectivity index (χ1n) is 8.31. The minimum atomic E-state index is 0.170. The van der Waals surface area contributed by atoms with E-state index in [-0.39, 0.29) is 5.95 Å². The van der Waals surface area contributed by atoms with Crippen molar-refractivity contribution in [2.24, 2.45) is 0 Å². The summed E-state index contributed by atoms with van der Waals surface area (Å²) >= 11 is 0. The molecule has 3 rings (SSSR count). The second-order valence-electron chi connectivity index (χ2n) is 5.48. The molecule has 0 radical (unpaired) electrons. The number of nitrogens with zero attached hydrogens (tertiary/aromatic N) is 4. The number of hydrogen-bond donors (Lipinski definition) is 1. The molecule has 0 aliphatic carbocycles. The smallest absolute Gasteiger partial charge is 0.247 e. The van der Waals surface area contributed by atoms with Gasteiger partial charge < -0.3 is 10.5 Å². The van der Waals surface area contributed by atoms with Crippen LogP contribution in [-0.4, -0.2) is 26.1 Å². The maximum Gasteiger partial charge on any atom is 0.247 e. The van der Waals surface area contributed by atoms with Crippen LogP contribution in [0.3, 0.4) is 0 Å². The van der Waals surface area contributed by atoms with Crippen molar-refractivity contribution in [1.82, 2.24) is 19.5 Å². The van der Waals surface area contributed by atoms with Crippen LogP contribution < -0.4 is 10.5 Å². The maximum atomic E-state index is 5.87. The van der Waals surface area contributed by atoms with E-state index in [1.807, 2.05) is 59.2 Å². The van der Waals surface area contributed by atoms with Crippen molar-refractivity contribution in [3.05, 3.63) is 60.9 Å². The maximum absolute atomic E-state index is 5.87. The molecule has 0 unspecified atom stereocenters. The predicted octanol–water partition coefficient (Wildman–Crippen LogP) is 3.70. The molecule has 1 aromatic carbocycles. The lowest BCUT2D eigenvalue weighted by Crippen LogP contribution is -2.04. The average Bonchev–Trinajstić information content (AvgIpc) is 3.03. The van der Waals surface area contributed by atoms with Crippen molar-refractivity contribution in [3.63, 3.8) is 0 Å². The lowest BCUT2D eigenvalue weighted by atomic mass is 10.3. The van der Waals surface area contributed by atoms with Crippen LogP contribution in [0.5, 0.6) is 5.88 Å². The molecule has 6 heteroatoms. The van der Waals surface area contributed by atoms with E-state index in [1.54, 1.807) is 6.33 Å². The topological polar surface area (TPSA) is 78.8 Å². The molecule has 2 aromatic heterocycles. The number of unbranched alkanes of at least 4 members (excludes halogenated alkanes) is 1. The first-order chi connectivity index (χ1) is 12.3. The number of aromatic nitrogens is 4. The molecule has 6 nitrogen and oxygen atoms in total. The molecule has 2 N–H and O–H groups in total. The Bertz CT molecular complexity index is 880. The van der Waals surface area contributed by atoms with Gasteiger partial charge in [0.1, 0.15) is 6.33 Å². The molecule has 0 atom stereocenters. The Kier molecular flexibility index (Phi) is 5.41. The molecule has 2 heterocycles. The predicted molar refractivity (Wildman–Crippen MR) is 99.1 cm³/mol. The van der Waals surface area contributed by atoms with E-state index >= 15 is 0 Å². The molecule has 0 saturated heterocycles. The Morgan fingerprint density at radius 2 is 1.68 bits per heavy atom. The zero-order valence-electron chi connectivity index (χ0n) is 14.2. The van der Waals surface area contributed by atoms with Gasteiger partial charge in [-0.25, -0.2) is 4.98 Å². The van der Waals surface area contributed by atoms with Crippen molar-refractivity contribution in [1.29, 1.82) is 0 Å². The second kappa shape index (κ2) is 8.10. The van der Waals surface area contributed by atoms with Gasteiger partial charge in [-0.1, -0.05) is 55.8 Å². The molecule has 25 heavy (non-hydrogen) atoms. The molecule has 0 saturated carbocycles. The molecule has 0 fully saturated rings. The van der Waals surface area contributed by atoms with Gasteiger partial charge in [0.15, 0.2) is 11.2 Å². The van der Waals surface area contributed by atoms with E-state index in [4.69, 9.17) is 10.5 Å². The van der Waals surface area contributed by atoms with Crippen LogP contribution in [0.25, 0.3) is 16.9 Å². The lowest BCUT2D eigenvalue weighted by Gasteiger charge is -2.06. The molecule has 0 bridgehead atoms. The number of imidazole rings is 1. The van der Waals surface area contributed by atoms with Crippen molar-refractivity contribution in [3.8, 4) is 11.6 Å². The van der Waals surface area contributed by atoms with Gasteiger partial charge in [0.05, 0.1) is 6.61 Å². The van der Waals surface area contributed by atoms with Gasteiger partial charge in [0.25, 0.3) is 0 Å². The Balaban J connectivity index is 2.09. The van der Waals surface area contributed by atoms with Gasteiger partial charge in [-0.2, -0.15) is 9.97 Å². The van der Waals surface area contributed by atoms with Crippen molar-refractivity contribution in [2.75, 3.05) is 12.3 Å². The van der Waals surface area contributed by atoms with Crippen LogP contribution in [0.2, 0.25) is 0 Å². The third-order valence-electron chi connectivity index (χ3n) is 3.60. The fourth-order valence-corrected chi connectivity index (χ4v) is 2.34. The average molecular weight is 335 g/mol. The lowest BCUT2D eigenvalue weighted by molar-refractivity contribution is 0.301. The summed E-state index contributed by atoms with van der Waals surface area (Å²) in [5.41, 5.74) is 8.02. The number of fused-ring (bicyclic) bond motifs is 1. The van der Waals surface area contributed by atoms with Gasteiger partial charge in [-0.3, -0.25) is 4.57 Å². The van der Waals surface area contributed by atoms with E-state index in [9.17, 15) is 0 Å². The fourth-order valence-electron chi connectivity index (χ4n) is 2.34. The normalized spacial score (nSPS) is 10.4. The first kappa shape index (κ1) is 16.7. The summed E-state index contributed by atoms with van der Waals surface area (Å²) in [6.45, 7) is 2.69. The Morgan fingerprint density at radius 1 is 1.00 bits per heavy atom. The van der Waals surface area contributed by atoms with Gasteiger partial charge >= 0.3 is 0 Å². The number of anilines is 1. The SMILES string of the molecule is CCCCOc1nc(N)nc2c1ncn2-c1ccccccccc1. The van der Waals surface area contributed by atoms with Gasteiger partial charge in [-0.05, 0) is 18.6 Å². The standard InChI is InChI=1S/C19H21N5O/c1-2-3-13-25-18-16-17(22-19(20)23-18)24(14-21-16)15-11-9-7-5-4-6-8-10-12-15/h4-12,14H,2-3,13H2,1H3,(H2,20,22,23). The molecule has 0 amide bonds. The molecule has 3 aromatic rings. The summed E-state index contributed by atoms with van der Waals surface area (Å²) in [5, 5.41) is 0. The molecule has 128 valence electrons.